The summed E-state index contributed by atoms with van der Waals surface area (Å²) in [5, 5.41) is 27.4. The molecule has 2 heterocycles. The lowest BCUT2D eigenvalue weighted by Gasteiger charge is -2.41. The fourth-order valence-corrected chi connectivity index (χ4v) is 15.5. The number of thioether (sulfide) groups is 1. The molecule has 0 bridgehead atoms. The minimum atomic E-state index is -1.08. The van der Waals surface area contributed by atoms with Gasteiger partial charge in [-0.1, -0.05) is 118 Å². The Bertz CT molecular complexity index is 3270. The Morgan fingerprint density at radius 2 is 1.34 bits per heavy atom. The third-order valence-corrected chi connectivity index (χ3v) is 22.0. The number of unbranched alkanes of at least 4 members (excludes halogenated alkanes) is 2. The molecule has 8 N–H and O–H groups in total. The lowest BCUT2D eigenvalue weighted by Crippen LogP contribution is -2.60. The fourth-order valence-electron chi connectivity index (χ4n) is 12.5. The van der Waals surface area contributed by atoms with Gasteiger partial charge in [0.15, 0.2) is 0 Å². The number of anilines is 1. The maximum atomic E-state index is 14.8. The summed E-state index contributed by atoms with van der Waals surface area (Å²) in [5.41, 5.74) is 1.57. The van der Waals surface area contributed by atoms with Crippen molar-refractivity contribution in [1.82, 2.24) is 50.9 Å². The predicted molar refractivity (Wildman–Crippen MR) is 408 cm³/mol. The van der Waals surface area contributed by atoms with E-state index in [4.69, 9.17) is 14.2 Å². The van der Waals surface area contributed by atoms with Crippen LogP contribution in [0.3, 0.4) is 0 Å². The largest absolute Gasteiger partial charge is 0.445 e. The van der Waals surface area contributed by atoms with Crippen LogP contribution in [-0.2, 0) is 73.6 Å². The van der Waals surface area contributed by atoms with Crippen molar-refractivity contribution < 1.29 is 76.9 Å². The molecule has 580 valence electrons. The number of aliphatic hydroxyl groups is 1. The number of carbonyl (C=O) groups is 12. The number of imide groups is 1. The van der Waals surface area contributed by atoms with Crippen molar-refractivity contribution in [3.8, 4) is 0 Å². The van der Waals surface area contributed by atoms with E-state index in [1.807, 2.05) is 32.0 Å². The lowest BCUT2D eigenvalue weighted by molar-refractivity contribution is -0.148. The number of methoxy groups -OCH3 is 2. The number of Topliss-reactive ketones (excluding diaryl/α,β-unsaturated/α-hetero) is 1. The number of nitrogens with zero attached hydrogens (tertiary/aromatic N) is 4. The lowest BCUT2D eigenvalue weighted by atomic mass is 9.89. The number of benzene rings is 2. The van der Waals surface area contributed by atoms with Crippen LogP contribution in [0.25, 0.3) is 0 Å². The molecular formula is C73H113N11O16S4. The molecule has 4 rings (SSSR count). The second-order valence-corrected chi connectivity index (χ2v) is 30.4. The van der Waals surface area contributed by atoms with Crippen LogP contribution in [0.15, 0.2) is 64.4 Å². The molecule has 0 unspecified atom stereocenters. The van der Waals surface area contributed by atoms with Crippen LogP contribution in [0.4, 0.5) is 10.5 Å². The van der Waals surface area contributed by atoms with Crippen LogP contribution in [-0.4, -0.2) is 221 Å². The van der Waals surface area contributed by atoms with Crippen molar-refractivity contribution in [3.05, 3.63) is 75.5 Å². The first-order valence-electron chi connectivity index (χ1n) is 35.6. The highest BCUT2D eigenvalue weighted by Crippen LogP contribution is 2.37. The number of nitrogens with one attached hydrogen (secondary N) is 7. The van der Waals surface area contributed by atoms with Crippen molar-refractivity contribution >= 4 is 125 Å². The van der Waals surface area contributed by atoms with Crippen LogP contribution in [0.1, 0.15) is 152 Å². The zero-order valence-electron chi connectivity index (χ0n) is 63.3. The maximum Gasteiger partial charge on any atom is 0.410 e. The number of ketones is 1. The molecule has 0 spiro atoms. The summed E-state index contributed by atoms with van der Waals surface area (Å²) in [6.07, 6.45) is -0.300. The van der Waals surface area contributed by atoms with Crippen LogP contribution in [0.2, 0.25) is 0 Å². The maximum absolute atomic E-state index is 14.8. The quantitative estimate of drug-likeness (QED) is 0.0153. The number of likely N-dealkylation sites (tertiary alicyclic amines) is 1. The van der Waals surface area contributed by atoms with Gasteiger partial charge in [-0.15, -0.1) is 0 Å². The minimum Gasteiger partial charge on any atom is -0.445 e. The number of aliphatic hydroxyl groups excluding tert-OH is 1. The molecule has 104 heavy (non-hydrogen) atoms. The Labute approximate surface area is 633 Å². The van der Waals surface area contributed by atoms with Gasteiger partial charge >= 0.3 is 6.09 Å². The van der Waals surface area contributed by atoms with E-state index in [0.29, 0.717) is 73.6 Å². The molecule has 2 aromatic carbocycles. The highest BCUT2D eigenvalue weighted by Gasteiger charge is 2.45. The molecule has 31 heteroatoms. The van der Waals surface area contributed by atoms with Crippen molar-refractivity contribution in [2.75, 3.05) is 65.3 Å². The van der Waals surface area contributed by atoms with Gasteiger partial charge in [0.2, 0.25) is 46.5 Å². The number of amides is 10. The van der Waals surface area contributed by atoms with Gasteiger partial charge in [0.05, 0.1) is 60.9 Å². The number of thiol groups is 2. The normalized spacial score (nSPS) is 17.7. The first kappa shape index (κ1) is 89.8. The fraction of sp³-hybridized carbons (Fsp3) is 0.644. The number of hydrogen-bond acceptors (Lipinski definition) is 22. The van der Waals surface area contributed by atoms with Crippen molar-refractivity contribution in [2.24, 2.45) is 29.6 Å². The highest BCUT2D eigenvalue weighted by molar-refractivity contribution is 8.18. The average molecular weight is 1530 g/mol. The monoisotopic (exact) mass is 1530 g/mol. The highest BCUT2D eigenvalue weighted by atomic mass is 32.2. The van der Waals surface area contributed by atoms with Gasteiger partial charge in [-0.3, -0.25) is 62.5 Å². The molecule has 0 aromatic heterocycles. The molecule has 10 amide bonds. The molecule has 0 aliphatic carbocycles. The smallest absolute Gasteiger partial charge is 0.410 e. The summed E-state index contributed by atoms with van der Waals surface area (Å²) in [6.45, 7) is 21.1. The molecule has 2 aromatic rings. The summed E-state index contributed by atoms with van der Waals surface area (Å²) >= 11 is 9.82. The van der Waals surface area contributed by atoms with Gasteiger partial charge in [-0.25, -0.2) is 9.52 Å². The molecule has 1 saturated heterocycles. The van der Waals surface area contributed by atoms with E-state index in [2.05, 4.69) is 61.9 Å². The third-order valence-electron chi connectivity index (χ3n) is 19.0. The average Bonchev–Trinajstić information content (AvgIpc) is 1.68. The Balaban J connectivity index is 1.30. The molecule has 0 radical (unpaired) electrons. The van der Waals surface area contributed by atoms with Crippen LogP contribution in [0, 0.1) is 29.6 Å². The van der Waals surface area contributed by atoms with Crippen molar-refractivity contribution in [1.29, 1.82) is 0 Å². The Hall–Kier alpha value is -6.58. The van der Waals surface area contributed by atoms with E-state index < -0.39 is 143 Å². The zero-order chi connectivity index (χ0) is 78.0. The van der Waals surface area contributed by atoms with Crippen molar-refractivity contribution in [2.45, 2.75) is 214 Å². The van der Waals surface area contributed by atoms with Crippen LogP contribution >= 0.6 is 49.0 Å². The van der Waals surface area contributed by atoms with Gasteiger partial charge in [0.25, 0.3) is 11.8 Å². The number of hydrogen-bond donors (Lipinski definition) is 10. The SMILES string of the molecule is CC[C@@H](C)[C@@H]([C@@H](CC(=O)N1CCC[C@H]1[C@H](OC)[C@@H](C)C(=O)N[C@@H](C)[C@H](O)c1ccccc1)OC)N(C)C(=O)[C@@H](NC(=O)[C@H](C(C)C)N(C)C(=O)OCc1ccc(NC(=O)[C@@H](C)NC(=O)[C@H](NC(=O)CCCCCN2C(=O)C(SN[C@@H](CS)C(C)=O)=C(SC(=O)[C@H](CS)NC)C2=O)C(C)C)cc1)C(C)C. The first-order valence-corrected chi connectivity index (χ1v) is 38.5. The summed E-state index contributed by atoms with van der Waals surface area (Å²) in [5.74, 6) is -6.48. The van der Waals surface area contributed by atoms with E-state index in [0.717, 1.165) is 16.8 Å². The molecular weight excluding hydrogens is 1420 g/mol. The van der Waals surface area contributed by atoms with E-state index in [-0.39, 0.29) is 76.7 Å². The third kappa shape index (κ3) is 25.3. The second-order valence-electron chi connectivity index (χ2n) is 27.8. The van der Waals surface area contributed by atoms with Gasteiger partial charge in [0.1, 0.15) is 46.4 Å². The van der Waals surface area contributed by atoms with Crippen molar-refractivity contribution in [3.63, 3.8) is 0 Å². The minimum absolute atomic E-state index is 0.000844. The Morgan fingerprint density at radius 3 is 1.89 bits per heavy atom. The molecule has 1 fully saturated rings. The zero-order valence-corrected chi connectivity index (χ0v) is 66.7. The van der Waals surface area contributed by atoms with E-state index in [1.165, 1.54) is 40.0 Å². The Morgan fingerprint density at radius 1 is 0.712 bits per heavy atom. The van der Waals surface area contributed by atoms with Gasteiger partial charge in [-0.2, -0.15) is 25.3 Å². The number of rotatable bonds is 43. The number of carbonyl (C=O) groups excluding carboxylic acids is 12. The number of ether oxygens (including phenoxy) is 3. The second kappa shape index (κ2) is 43.9. The summed E-state index contributed by atoms with van der Waals surface area (Å²) in [7, 11) is 7.66. The number of likely N-dealkylation sites (N-methyl/N-ethyl adjacent to an activating group) is 3. The summed E-state index contributed by atoms with van der Waals surface area (Å²) in [4.78, 5) is 169. The summed E-state index contributed by atoms with van der Waals surface area (Å²) < 4.78 is 20.6. The van der Waals surface area contributed by atoms with E-state index >= 15 is 0 Å². The van der Waals surface area contributed by atoms with Gasteiger partial charge in [-0.05, 0) is 124 Å². The molecule has 0 saturated carbocycles. The van der Waals surface area contributed by atoms with E-state index in [9.17, 15) is 62.6 Å². The summed E-state index contributed by atoms with van der Waals surface area (Å²) in [6, 6.07) is 8.21. The van der Waals surface area contributed by atoms with Crippen LogP contribution < -0.4 is 36.6 Å². The first-order chi connectivity index (χ1) is 49.1. The molecule has 14 atom stereocenters. The molecule has 2 aliphatic rings. The van der Waals surface area contributed by atoms with Gasteiger partial charge < -0.3 is 61.0 Å². The Kier molecular flexibility index (Phi) is 37.9. The molecule has 27 nitrogen and oxygen atoms in total. The predicted octanol–water partition coefficient (Wildman–Crippen LogP) is 6.21. The van der Waals surface area contributed by atoms with E-state index in [1.54, 1.807) is 116 Å². The standard InChI is InChI=1S/C73H113N11O16S4/c1-18-43(8)60(54(98-16)36-56(87)83-35-25-28-53(83)62(99-17)44(9)65(89)75-45(10)61(88)49-26-21-19-22-27-49)81(14)69(93)58(41(4)5)79-68(92)59(42(6)7)82(15)73(97)100-37-48-30-32-50(33-31-48)77-66(90)46(11)76-67(91)57(40(2)3)78-55(86)29-23-20-24-34-84-70(94)63(103-72(96)52(39-102)74-13)64(71(84)95)104-80-51(38-101)47(12)85/h19,21-22,26-27,30-33,40-46,51-54,57-62,74,80,88,101-102H,18,20,23-25,28-29,34-39H2,1-17H3,(H,75,89)(H,76,91)(H,77,90)(H,78,86)(H,79,92)/t43-,44-,45+,46-,51+,52+,53+,54-,57-,58+,59+,60+,61+,62-/m1/s1. The topological polar surface area (TPSA) is 350 Å². The van der Waals surface area contributed by atoms with Gasteiger partial charge in [0, 0.05) is 65.0 Å². The molecule has 2 aliphatic heterocycles. The van der Waals surface area contributed by atoms with Crippen LogP contribution in [0.5, 0.6) is 0 Å².